The molecule has 2 saturated heterocycles. The fourth-order valence-electron chi connectivity index (χ4n) is 3.67. The van der Waals surface area contributed by atoms with Gasteiger partial charge in [0, 0.05) is 55.2 Å². The summed E-state index contributed by atoms with van der Waals surface area (Å²) >= 11 is 5.87. The third-order valence-electron chi connectivity index (χ3n) is 5.21. The monoisotopic (exact) mass is 458 g/mol. The number of nitrogens with zero attached hydrogens (tertiary/aromatic N) is 2. The minimum absolute atomic E-state index is 0.160. The Kier molecular flexibility index (Phi) is 7.80. The molecule has 3 heterocycles. The molecule has 1 aromatic heterocycles. The van der Waals surface area contributed by atoms with Crippen LogP contribution in [0.4, 0.5) is 11.4 Å². The van der Waals surface area contributed by atoms with Crippen LogP contribution in [0.3, 0.4) is 0 Å². The maximum Gasteiger partial charge on any atom is 0.328 e. The van der Waals surface area contributed by atoms with E-state index >= 15 is 0 Å². The summed E-state index contributed by atoms with van der Waals surface area (Å²) in [5, 5.41) is 22.6. The van der Waals surface area contributed by atoms with Gasteiger partial charge in [0.05, 0.1) is 17.4 Å². The maximum atomic E-state index is 12.4. The van der Waals surface area contributed by atoms with E-state index in [1.165, 1.54) is 0 Å². The van der Waals surface area contributed by atoms with Crippen molar-refractivity contribution in [2.24, 2.45) is 11.8 Å². The largest absolute Gasteiger partial charge is 0.478 e. The summed E-state index contributed by atoms with van der Waals surface area (Å²) < 4.78 is 0. The molecule has 2 aliphatic rings. The highest BCUT2D eigenvalue weighted by atomic mass is 35.5. The normalized spacial score (nSPS) is 19.2. The van der Waals surface area contributed by atoms with Crippen LogP contribution < -0.4 is 15.5 Å². The molecule has 0 saturated carbocycles. The number of pyridine rings is 1. The number of aromatic nitrogens is 1. The molecule has 0 radical (unpaired) electrons. The zero-order valence-electron chi connectivity index (χ0n) is 17.1. The first-order chi connectivity index (χ1) is 15.3. The number of hydrogen-bond donors (Lipinski definition) is 4. The SMILES string of the molecule is O=C(Nc1ccc(Cl)cc1)c1cncc(N2C[C@H]3CNC[C@H]3C2)c1.O=C(O)/C=C/C(=O)O. The molecule has 32 heavy (non-hydrogen) atoms. The van der Waals surface area contributed by atoms with Crippen LogP contribution in [-0.2, 0) is 9.59 Å². The van der Waals surface area contributed by atoms with Crippen LogP contribution in [0.2, 0.25) is 5.02 Å². The molecular formula is C22H23ClN4O5. The van der Waals surface area contributed by atoms with Crippen molar-refractivity contribution in [1.82, 2.24) is 10.3 Å². The van der Waals surface area contributed by atoms with Crippen molar-refractivity contribution >= 4 is 40.8 Å². The van der Waals surface area contributed by atoms with Crippen LogP contribution in [0.1, 0.15) is 10.4 Å². The third-order valence-corrected chi connectivity index (χ3v) is 5.46. The number of hydrogen-bond acceptors (Lipinski definition) is 6. The number of halogens is 1. The Hall–Kier alpha value is -3.43. The molecule has 2 atom stereocenters. The van der Waals surface area contributed by atoms with E-state index in [2.05, 4.69) is 20.5 Å². The number of benzene rings is 1. The van der Waals surface area contributed by atoms with Gasteiger partial charge in [-0.05, 0) is 42.2 Å². The Morgan fingerprint density at radius 3 is 2.19 bits per heavy atom. The van der Waals surface area contributed by atoms with Gasteiger partial charge < -0.3 is 25.7 Å². The van der Waals surface area contributed by atoms with Gasteiger partial charge in [-0.15, -0.1) is 0 Å². The van der Waals surface area contributed by atoms with E-state index in [-0.39, 0.29) is 5.91 Å². The second-order valence-corrected chi connectivity index (χ2v) is 7.92. The van der Waals surface area contributed by atoms with Crippen molar-refractivity contribution in [3.05, 3.63) is 65.5 Å². The predicted molar refractivity (Wildman–Crippen MR) is 120 cm³/mol. The number of carbonyl (C=O) groups is 3. The van der Waals surface area contributed by atoms with Gasteiger partial charge in [0.2, 0.25) is 0 Å². The Labute approximate surface area is 189 Å². The Morgan fingerprint density at radius 1 is 1.03 bits per heavy atom. The molecule has 4 rings (SSSR count). The van der Waals surface area contributed by atoms with Crippen LogP contribution >= 0.6 is 11.6 Å². The smallest absolute Gasteiger partial charge is 0.328 e. The Morgan fingerprint density at radius 2 is 1.62 bits per heavy atom. The standard InChI is InChI=1S/C18H19ClN4O.C4H4O4/c19-15-1-3-16(4-2-15)22-18(24)12-5-17(9-21-6-12)23-10-13-7-20-8-14(13)11-23;5-3(6)1-2-4(7)8/h1-6,9,13-14,20H,7-8,10-11H2,(H,22,24);1-2H,(H,5,6)(H,7,8)/b;2-1+/t13-,14+;. The molecule has 9 nitrogen and oxygen atoms in total. The van der Waals surface area contributed by atoms with Crippen molar-refractivity contribution in [1.29, 1.82) is 0 Å². The summed E-state index contributed by atoms with van der Waals surface area (Å²) in [5.41, 5.74) is 2.31. The molecular weight excluding hydrogens is 436 g/mol. The first-order valence-corrected chi connectivity index (χ1v) is 10.3. The van der Waals surface area contributed by atoms with Gasteiger partial charge >= 0.3 is 11.9 Å². The molecule has 0 unspecified atom stereocenters. The van der Waals surface area contributed by atoms with E-state index in [9.17, 15) is 14.4 Å². The van der Waals surface area contributed by atoms with E-state index in [0.717, 1.165) is 37.6 Å². The van der Waals surface area contributed by atoms with E-state index < -0.39 is 11.9 Å². The van der Waals surface area contributed by atoms with Crippen molar-refractivity contribution < 1.29 is 24.6 Å². The number of amides is 1. The zero-order chi connectivity index (χ0) is 23.1. The van der Waals surface area contributed by atoms with Crippen molar-refractivity contribution in [3.63, 3.8) is 0 Å². The van der Waals surface area contributed by atoms with Gasteiger partial charge in [-0.3, -0.25) is 9.78 Å². The van der Waals surface area contributed by atoms with E-state index in [0.29, 0.717) is 34.6 Å². The van der Waals surface area contributed by atoms with E-state index in [4.69, 9.17) is 21.8 Å². The number of carboxylic acid groups (broad SMARTS) is 2. The third kappa shape index (κ3) is 6.53. The molecule has 168 valence electrons. The van der Waals surface area contributed by atoms with Gasteiger partial charge in [-0.2, -0.15) is 0 Å². The first kappa shape index (κ1) is 23.2. The highest BCUT2D eigenvalue weighted by Crippen LogP contribution is 2.30. The number of aliphatic carboxylic acids is 2. The van der Waals surface area contributed by atoms with Crippen molar-refractivity contribution in [2.75, 3.05) is 36.4 Å². The molecule has 4 N–H and O–H groups in total. The lowest BCUT2D eigenvalue weighted by Gasteiger charge is -2.19. The minimum Gasteiger partial charge on any atom is -0.478 e. The number of carboxylic acids is 2. The summed E-state index contributed by atoms with van der Waals surface area (Å²) in [4.78, 5) is 38.2. The number of fused-ring (bicyclic) bond motifs is 1. The molecule has 10 heteroatoms. The highest BCUT2D eigenvalue weighted by molar-refractivity contribution is 6.30. The van der Waals surface area contributed by atoms with Gasteiger partial charge in [0.1, 0.15) is 0 Å². The van der Waals surface area contributed by atoms with Crippen molar-refractivity contribution in [3.8, 4) is 0 Å². The van der Waals surface area contributed by atoms with Gasteiger partial charge in [-0.1, -0.05) is 11.6 Å². The molecule has 0 aliphatic carbocycles. The lowest BCUT2D eigenvalue weighted by atomic mass is 10.0. The lowest BCUT2D eigenvalue weighted by molar-refractivity contribution is -0.134. The molecule has 1 aromatic carbocycles. The molecule has 2 aliphatic heterocycles. The number of carbonyl (C=O) groups excluding carboxylic acids is 1. The number of anilines is 2. The summed E-state index contributed by atoms with van der Waals surface area (Å²) in [6.45, 7) is 4.24. The summed E-state index contributed by atoms with van der Waals surface area (Å²) in [7, 11) is 0. The van der Waals surface area contributed by atoms with Crippen molar-refractivity contribution in [2.45, 2.75) is 0 Å². The van der Waals surface area contributed by atoms with E-state index in [1.807, 2.05) is 12.3 Å². The van der Waals surface area contributed by atoms with Crippen LogP contribution in [0.5, 0.6) is 0 Å². The summed E-state index contributed by atoms with van der Waals surface area (Å²) in [6.07, 6.45) is 4.56. The fourth-order valence-corrected chi connectivity index (χ4v) is 3.80. The highest BCUT2D eigenvalue weighted by Gasteiger charge is 2.36. The summed E-state index contributed by atoms with van der Waals surface area (Å²) in [5.74, 6) is -1.26. The fraction of sp³-hybridized carbons (Fsp3) is 0.273. The molecule has 2 fully saturated rings. The Balaban J connectivity index is 0.000000312. The van der Waals surface area contributed by atoms with E-state index in [1.54, 1.807) is 30.5 Å². The second kappa shape index (κ2) is 10.7. The number of nitrogens with one attached hydrogen (secondary N) is 2. The average molecular weight is 459 g/mol. The van der Waals surface area contributed by atoms with Crippen LogP contribution in [0, 0.1) is 11.8 Å². The first-order valence-electron chi connectivity index (χ1n) is 9.93. The van der Waals surface area contributed by atoms with Crippen LogP contribution in [-0.4, -0.2) is 59.2 Å². The lowest BCUT2D eigenvalue weighted by Crippen LogP contribution is -2.26. The average Bonchev–Trinajstić information content (AvgIpc) is 3.37. The molecule has 1 amide bonds. The second-order valence-electron chi connectivity index (χ2n) is 7.49. The number of rotatable bonds is 5. The quantitative estimate of drug-likeness (QED) is 0.502. The maximum absolute atomic E-state index is 12.4. The zero-order valence-corrected chi connectivity index (χ0v) is 17.8. The van der Waals surface area contributed by atoms with Gasteiger partial charge in [0.15, 0.2) is 0 Å². The Bertz CT molecular complexity index is 984. The summed E-state index contributed by atoms with van der Waals surface area (Å²) in [6, 6.07) is 9.00. The van der Waals surface area contributed by atoms with Crippen LogP contribution in [0.15, 0.2) is 54.9 Å². The molecule has 0 bridgehead atoms. The molecule has 2 aromatic rings. The van der Waals surface area contributed by atoms with Gasteiger partial charge in [0.25, 0.3) is 5.91 Å². The topological polar surface area (TPSA) is 132 Å². The minimum atomic E-state index is -1.26. The van der Waals surface area contributed by atoms with Gasteiger partial charge in [-0.25, -0.2) is 9.59 Å². The molecule has 0 spiro atoms. The van der Waals surface area contributed by atoms with Crippen LogP contribution in [0.25, 0.3) is 0 Å². The predicted octanol–water partition coefficient (Wildman–Crippen LogP) is 2.35.